The third kappa shape index (κ3) is 2.21. The SMILES string of the molecule is COCCn1c(CCl)nc2nc(Br)ccc21. The van der Waals surface area contributed by atoms with Crippen molar-refractivity contribution in [1.82, 2.24) is 14.5 Å². The highest BCUT2D eigenvalue weighted by Gasteiger charge is 2.10. The van der Waals surface area contributed by atoms with Gasteiger partial charge in [-0.3, -0.25) is 0 Å². The van der Waals surface area contributed by atoms with Crippen molar-refractivity contribution in [3.8, 4) is 0 Å². The van der Waals surface area contributed by atoms with E-state index in [9.17, 15) is 0 Å². The second kappa shape index (κ2) is 5.12. The third-order valence-corrected chi connectivity index (χ3v) is 2.98. The van der Waals surface area contributed by atoms with Gasteiger partial charge in [0, 0.05) is 13.7 Å². The molecule has 86 valence electrons. The molecule has 0 spiro atoms. The first-order chi connectivity index (χ1) is 7.76. The molecule has 0 saturated heterocycles. The van der Waals surface area contributed by atoms with Crippen molar-refractivity contribution in [1.29, 1.82) is 0 Å². The van der Waals surface area contributed by atoms with E-state index in [4.69, 9.17) is 16.3 Å². The molecule has 2 heterocycles. The molecule has 6 heteroatoms. The summed E-state index contributed by atoms with van der Waals surface area (Å²) >= 11 is 9.18. The Morgan fingerprint density at radius 3 is 2.94 bits per heavy atom. The van der Waals surface area contributed by atoms with Crippen molar-refractivity contribution >= 4 is 38.7 Å². The standard InChI is InChI=1S/C10H11BrClN3O/c1-16-5-4-15-7-2-3-8(11)13-10(7)14-9(15)6-12/h2-3H,4-6H2,1H3. The van der Waals surface area contributed by atoms with Crippen LogP contribution in [0.1, 0.15) is 5.82 Å². The number of hydrogen-bond donors (Lipinski definition) is 0. The summed E-state index contributed by atoms with van der Waals surface area (Å²) in [7, 11) is 1.67. The molecule has 0 unspecified atom stereocenters. The lowest BCUT2D eigenvalue weighted by Gasteiger charge is -2.05. The summed E-state index contributed by atoms with van der Waals surface area (Å²) in [5, 5.41) is 0. The summed E-state index contributed by atoms with van der Waals surface area (Å²) in [4.78, 5) is 8.68. The Bertz CT molecular complexity index is 500. The number of hydrogen-bond acceptors (Lipinski definition) is 3. The molecule has 0 aliphatic rings. The molecule has 0 amide bonds. The van der Waals surface area contributed by atoms with Crippen LogP contribution >= 0.6 is 27.5 Å². The summed E-state index contributed by atoms with van der Waals surface area (Å²) < 4.78 is 7.87. The van der Waals surface area contributed by atoms with Crippen molar-refractivity contribution in [3.05, 3.63) is 22.6 Å². The Hall–Kier alpha value is -0.650. The van der Waals surface area contributed by atoms with Crippen molar-refractivity contribution in [2.45, 2.75) is 12.4 Å². The molecule has 0 N–H and O–H groups in total. The van der Waals surface area contributed by atoms with Crippen LogP contribution in [-0.4, -0.2) is 28.3 Å². The van der Waals surface area contributed by atoms with E-state index in [1.165, 1.54) is 0 Å². The number of ether oxygens (including phenoxy) is 1. The highest BCUT2D eigenvalue weighted by Crippen LogP contribution is 2.18. The molecular formula is C10H11BrClN3O. The van der Waals surface area contributed by atoms with Crippen LogP contribution in [0.5, 0.6) is 0 Å². The van der Waals surface area contributed by atoms with Gasteiger partial charge >= 0.3 is 0 Å². The second-order valence-electron chi connectivity index (χ2n) is 3.28. The van der Waals surface area contributed by atoms with E-state index in [0.717, 1.165) is 22.5 Å². The van der Waals surface area contributed by atoms with Crippen molar-refractivity contribution in [2.75, 3.05) is 13.7 Å². The number of aromatic nitrogens is 3. The topological polar surface area (TPSA) is 39.9 Å². The molecule has 16 heavy (non-hydrogen) atoms. The molecule has 0 bridgehead atoms. The minimum absolute atomic E-state index is 0.373. The van der Waals surface area contributed by atoms with Gasteiger partial charge in [-0.25, -0.2) is 9.97 Å². The average molecular weight is 305 g/mol. The summed E-state index contributed by atoms with van der Waals surface area (Å²) in [6, 6.07) is 3.87. The van der Waals surface area contributed by atoms with E-state index in [2.05, 4.69) is 25.9 Å². The van der Waals surface area contributed by atoms with E-state index in [-0.39, 0.29) is 0 Å². The van der Waals surface area contributed by atoms with Crippen LogP contribution in [0.4, 0.5) is 0 Å². The molecule has 0 atom stereocenters. The molecule has 2 aromatic heterocycles. The number of halogens is 2. The minimum atomic E-state index is 0.373. The number of alkyl halides is 1. The summed E-state index contributed by atoms with van der Waals surface area (Å²) in [5.74, 6) is 1.19. The van der Waals surface area contributed by atoms with E-state index >= 15 is 0 Å². The Balaban J connectivity index is 2.50. The lowest BCUT2D eigenvalue weighted by atomic mass is 10.4. The van der Waals surface area contributed by atoms with E-state index in [1.54, 1.807) is 7.11 Å². The van der Waals surface area contributed by atoms with E-state index in [0.29, 0.717) is 18.1 Å². The molecule has 0 saturated carbocycles. The number of nitrogens with zero attached hydrogens (tertiary/aromatic N) is 3. The van der Waals surface area contributed by atoms with Gasteiger partial charge in [0.25, 0.3) is 0 Å². The maximum atomic E-state index is 5.86. The minimum Gasteiger partial charge on any atom is -0.383 e. The van der Waals surface area contributed by atoms with E-state index < -0.39 is 0 Å². The lowest BCUT2D eigenvalue weighted by Crippen LogP contribution is -2.07. The number of rotatable bonds is 4. The Kier molecular flexibility index (Phi) is 3.78. The van der Waals surface area contributed by atoms with Crippen LogP contribution in [0, 0.1) is 0 Å². The van der Waals surface area contributed by atoms with Crippen molar-refractivity contribution in [2.24, 2.45) is 0 Å². The van der Waals surface area contributed by atoms with Crippen LogP contribution < -0.4 is 0 Å². The summed E-state index contributed by atoms with van der Waals surface area (Å²) in [6.07, 6.45) is 0. The Morgan fingerprint density at radius 1 is 1.44 bits per heavy atom. The zero-order valence-electron chi connectivity index (χ0n) is 8.78. The zero-order valence-corrected chi connectivity index (χ0v) is 11.1. The molecule has 0 fully saturated rings. The number of fused-ring (bicyclic) bond motifs is 1. The second-order valence-corrected chi connectivity index (χ2v) is 4.36. The molecule has 0 aromatic carbocycles. The van der Waals surface area contributed by atoms with Crippen LogP contribution in [0.15, 0.2) is 16.7 Å². The Morgan fingerprint density at radius 2 is 2.25 bits per heavy atom. The normalized spacial score (nSPS) is 11.2. The van der Waals surface area contributed by atoms with Gasteiger partial charge in [-0.15, -0.1) is 11.6 Å². The molecule has 0 radical (unpaired) electrons. The van der Waals surface area contributed by atoms with Gasteiger partial charge in [-0.05, 0) is 28.1 Å². The first kappa shape index (κ1) is 11.8. The molecule has 2 rings (SSSR count). The fourth-order valence-corrected chi connectivity index (χ4v) is 2.07. The van der Waals surface area contributed by atoms with Crippen LogP contribution in [0.25, 0.3) is 11.2 Å². The van der Waals surface area contributed by atoms with Gasteiger partial charge in [0.15, 0.2) is 5.65 Å². The van der Waals surface area contributed by atoms with Crippen LogP contribution in [0.2, 0.25) is 0 Å². The lowest BCUT2D eigenvalue weighted by molar-refractivity contribution is 0.187. The summed E-state index contributed by atoms with van der Waals surface area (Å²) in [6.45, 7) is 1.36. The predicted molar refractivity (Wildman–Crippen MR) is 66.7 cm³/mol. The maximum Gasteiger partial charge on any atom is 0.179 e. The molecular weight excluding hydrogens is 293 g/mol. The molecule has 2 aromatic rings. The van der Waals surface area contributed by atoms with Crippen LogP contribution in [0.3, 0.4) is 0 Å². The molecule has 0 aliphatic carbocycles. The van der Waals surface area contributed by atoms with Gasteiger partial charge in [0.1, 0.15) is 10.4 Å². The monoisotopic (exact) mass is 303 g/mol. The molecule has 4 nitrogen and oxygen atoms in total. The van der Waals surface area contributed by atoms with Crippen molar-refractivity contribution < 1.29 is 4.74 Å². The first-order valence-electron chi connectivity index (χ1n) is 4.83. The maximum absolute atomic E-state index is 5.86. The van der Waals surface area contributed by atoms with Gasteiger partial charge in [0.2, 0.25) is 0 Å². The van der Waals surface area contributed by atoms with Gasteiger partial charge in [-0.1, -0.05) is 0 Å². The molecule has 0 aliphatic heterocycles. The Labute approximate surface area is 107 Å². The third-order valence-electron chi connectivity index (χ3n) is 2.30. The van der Waals surface area contributed by atoms with Crippen LogP contribution in [-0.2, 0) is 17.2 Å². The fourth-order valence-electron chi connectivity index (χ4n) is 1.57. The largest absolute Gasteiger partial charge is 0.383 e. The average Bonchev–Trinajstić information content (AvgIpc) is 2.63. The first-order valence-corrected chi connectivity index (χ1v) is 6.15. The zero-order chi connectivity index (χ0) is 11.5. The van der Waals surface area contributed by atoms with Gasteiger partial charge < -0.3 is 9.30 Å². The number of imidazole rings is 1. The quantitative estimate of drug-likeness (QED) is 0.644. The van der Waals surface area contributed by atoms with Gasteiger partial charge in [0.05, 0.1) is 18.0 Å². The smallest absolute Gasteiger partial charge is 0.179 e. The summed E-state index contributed by atoms with van der Waals surface area (Å²) in [5.41, 5.74) is 1.69. The fraction of sp³-hybridized carbons (Fsp3) is 0.400. The highest BCUT2D eigenvalue weighted by atomic mass is 79.9. The highest BCUT2D eigenvalue weighted by molar-refractivity contribution is 9.10. The van der Waals surface area contributed by atoms with E-state index in [1.807, 2.05) is 16.7 Å². The van der Waals surface area contributed by atoms with Gasteiger partial charge in [-0.2, -0.15) is 0 Å². The number of methoxy groups -OCH3 is 1. The predicted octanol–water partition coefficient (Wildman–Crippen LogP) is 2.58. The van der Waals surface area contributed by atoms with Crippen molar-refractivity contribution in [3.63, 3.8) is 0 Å². The number of pyridine rings is 1.